The van der Waals surface area contributed by atoms with Gasteiger partial charge in [-0.3, -0.25) is 4.79 Å². The number of anilines is 2. The van der Waals surface area contributed by atoms with Gasteiger partial charge in [0.15, 0.2) is 0 Å². The van der Waals surface area contributed by atoms with Crippen molar-refractivity contribution in [2.24, 2.45) is 0 Å². The Morgan fingerprint density at radius 3 is 2.94 bits per heavy atom. The third-order valence-corrected chi connectivity index (χ3v) is 3.24. The molecule has 1 heterocycles. The largest absolute Gasteiger partial charge is 0.374 e. The van der Waals surface area contributed by atoms with Gasteiger partial charge in [-0.15, -0.1) is 0 Å². The Balaban J connectivity index is 2.48. The second kappa shape index (κ2) is 4.34. The smallest absolute Gasteiger partial charge is 0.246 e. The number of carbonyl (C=O) groups excluding carboxylic acids is 1. The van der Waals surface area contributed by atoms with Crippen molar-refractivity contribution >= 4 is 28.9 Å². The van der Waals surface area contributed by atoms with Gasteiger partial charge in [0.2, 0.25) is 5.91 Å². The number of halogens is 1. The van der Waals surface area contributed by atoms with Gasteiger partial charge >= 0.3 is 0 Å². The molecule has 0 bridgehead atoms. The number of benzene rings is 1. The van der Waals surface area contributed by atoms with Crippen molar-refractivity contribution < 1.29 is 4.79 Å². The van der Waals surface area contributed by atoms with E-state index in [4.69, 9.17) is 11.6 Å². The van der Waals surface area contributed by atoms with E-state index in [1.807, 2.05) is 24.0 Å². The zero-order valence-corrected chi connectivity index (χ0v) is 10.3. The SMILES string of the molecule is CCCN1C(=O)CNc2c1ccc(Cl)c2C. The van der Waals surface area contributed by atoms with E-state index in [1.54, 1.807) is 0 Å². The molecule has 1 aliphatic heterocycles. The number of hydrogen-bond acceptors (Lipinski definition) is 2. The highest BCUT2D eigenvalue weighted by molar-refractivity contribution is 6.32. The second-order valence-corrected chi connectivity index (χ2v) is 4.37. The molecule has 1 aromatic carbocycles. The molecule has 0 aliphatic carbocycles. The minimum atomic E-state index is 0.121. The summed E-state index contributed by atoms with van der Waals surface area (Å²) < 4.78 is 0. The van der Waals surface area contributed by atoms with E-state index in [0.717, 1.165) is 34.9 Å². The first-order chi connectivity index (χ1) is 7.65. The number of rotatable bonds is 2. The molecule has 1 aromatic rings. The highest BCUT2D eigenvalue weighted by atomic mass is 35.5. The van der Waals surface area contributed by atoms with Gasteiger partial charge in [0.05, 0.1) is 17.9 Å². The van der Waals surface area contributed by atoms with E-state index in [2.05, 4.69) is 12.2 Å². The van der Waals surface area contributed by atoms with Crippen LogP contribution in [0.4, 0.5) is 11.4 Å². The molecule has 4 heteroatoms. The molecule has 0 saturated heterocycles. The lowest BCUT2D eigenvalue weighted by Crippen LogP contribution is -2.40. The summed E-state index contributed by atoms with van der Waals surface area (Å²) in [5.41, 5.74) is 2.94. The molecule has 0 atom stereocenters. The molecule has 0 spiro atoms. The quantitative estimate of drug-likeness (QED) is 0.859. The zero-order chi connectivity index (χ0) is 11.7. The monoisotopic (exact) mass is 238 g/mol. The van der Waals surface area contributed by atoms with Crippen LogP contribution in [0, 0.1) is 6.92 Å². The number of nitrogens with zero attached hydrogens (tertiary/aromatic N) is 1. The first kappa shape index (κ1) is 11.3. The number of hydrogen-bond donors (Lipinski definition) is 1. The van der Waals surface area contributed by atoms with Crippen molar-refractivity contribution in [1.29, 1.82) is 0 Å². The van der Waals surface area contributed by atoms with Crippen molar-refractivity contribution in [1.82, 2.24) is 0 Å². The van der Waals surface area contributed by atoms with Crippen LogP contribution in [-0.4, -0.2) is 19.0 Å². The van der Waals surface area contributed by atoms with Crippen LogP contribution in [0.2, 0.25) is 5.02 Å². The summed E-state index contributed by atoms with van der Waals surface area (Å²) in [7, 11) is 0. The molecule has 0 fully saturated rings. The summed E-state index contributed by atoms with van der Waals surface area (Å²) in [6, 6.07) is 3.75. The summed E-state index contributed by atoms with van der Waals surface area (Å²) >= 11 is 6.06. The van der Waals surface area contributed by atoms with E-state index in [-0.39, 0.29) is 5.91 Å². The second-order valence-electron chi connectivity index (χ2n) is 3.97. The minimum Gasteiger partial charge on any atom is -0.374 e. The average Bonchev–Trinajstić information content (AvgIpc) is 2.27. The van der Waals surface area contributed by atoms with Crippen LogP contribution in [-0.2, 0) is 4.79 Å². The van der Waals surface area contributed by atoms with Crippen molar-refractivity contribution in [3.8, 4) is 0 Å². The van der Waals surface area contributed by atoms with Crippen LogP contribution in [0.1, 0.15) is 18.9 Å². The van der Waals surface area contributed by atoms with Crippen molar-refractivity contribution in [3.05, 3.63) is 22.7 Å². The average molecular weight is 239 g/mol. The topological polar surface area (TPSA) is 32.3 Å². The first-order valence-electron chi connectivity index (χ1n) is 5.48. The van der Waals surface area contributed by atoms with Gasteiger partial charge in [0.1, 0.15) is 0 Å². The van der Waals surface area contributed by atoms with E-state index in [1.165, 1.54) is 0 Å². The number of fused-ring (bicyclic) bond motifs is 1. The van der Waals surface area contributed by atoms with E-state index in [0.29, 0.717) is 6.54 Å². The number of amides is 1. The van der Waals surface area contributed by atoms with Crippen molar-refractivity contribution in [2.75, 3.05) is 23.3 Å². The Labute approximate surface area is 100 Å². The molecule has 16 heavy (non-hydrogen) atoms. The summed E-state index contributed by atoms with van der Waals surface area (Å²) in [6.45, 7) is 5.15. The van der Waals surface area contributed by atoms with Gasteiger partial charge in [-0.05, 0) is 31.0 Å². The summed E-state index contributed by atoms with van der Waals surface area (Å²) in [6.07, 6.45) is 0.951. The minimum absolute atomic E-state index is 0.121. The Kier molecular flexibility index (Phi) is 3.06. The van der Waals surface area contributed by atoms with E-state index < -0.39 is 0 Å². The van der Waals surface area contributed by atoms with Gasteiger partial charge in [-0.1, -0.05) is 18.5 Å². The zero-order valence-electron chi connectivity index (χ0n) is 9.51. The lowest BCUT2D eigenvalue weighted by molar-refractivity contribution is -0.117. The Morgan fingerprint density at radius 2 is 2.25 bits per heavy atom. The Bertz CT molecular complexity index is 431. The van der Waals surface area contributed by atoms with Gasteiger partial charge < -0.3 is 10.2 Å². The first-order valence-corrected chi connectivity index (χ1v) is 5.86. The maximum Gasteiger partial charge on any atom is 0.246 e. The predicted molar refractivity (Wildman–Crippen MR) is 67.3 cm³/mol. The van der Waals surface area contributed by atoms with Crippen LogP contribution in [0.15, 0.2) is 12.1 Å². The van der Waals surface area contributed by atoms with Gasteiger partial charge in [0, 0.05) is 11.6 Å². The van der Waals surface area contributed by atoms with Gasteiger partial charge in [-0.25, -0.2) is 0 Å². The van der Waals surface area contributed by atoms with Gasteiger partial charge in [-0.2, -0.15) is 0 Å². The summed E-state index contributed by atoms with van der Waals surface area (Å²) in [5.74, 6) is 0.121. The lowest BCUT2D eigenvalue weighted by Gasteiger charge is -2.31. The fourth-order valence-corrected chi connectivity index (χ4v) is 2.14. The van der Waals surface area contributed by atoms with Crippen LogP contribution < -0.4 is 10.2 Å². The molecule has 1 aliphatic rings. The third kappa shape index (κ3) is 1.76. The molecule has 3 nitrogen and oxygen atoms in total. The highest BCUT2D eigenvalue weighted by Gasteiger charge is 2.24. The molecular weight excluding hydrogens is 224 g/mol. The van der Waals surface area contributed by atoms with E-state index in [9.17, 15) is 4.79 Å². The fraction of sp³-hybridized carbons (Fsp3) is 0.417. The molecule has 86 valence electrons. The molecular formula is C12H15ClN2O. The molecule has 0 aromatic heterocycles. The maximum atomic E-state index is 11.8. The van der Waals surface area contributed by atoms with Gasteiger partial charge in [0.25, 0.3) is 0 Å². The summed E-state index contributed by atoms with van der Waals surface area (Å²) in [4.78, 5) is 13.6. The van der Waals surface area contributed by atoms with E-state index >= 15 is 0 Å². The van der Waals surface area contributed by atoms with Crippen LogP contribution in [0.5, 0.6) is 0 Å². The Morgan fingerprint density at radius 1 is 1.50 bits per heavy atom. The van der Waals surface area contributed by atoms with Crippen LogP contribution in [0.25, 0.3) is 0 Å². The Hall–Kier alpha value is -1.22. The molecule has 0 saturated carbocycles. The lowest BCUT2D eigenvalue weighted by atomic mass is 10.1. The van der Waals surface area contributed by atoms with Crippen LogP contribution >= 0.6 is 11.6 Å². The highest BCUT2D eigenvalue weighted by Crippen LogP contribution is 2.36. The molecule has 1 amide bonds. The van der Waals surface area contributed by atoms with Crippen molar-refractivity contribution in [2.45, 2.75) is 20.3 Å². The number of nitrogens with one attached hydrogen (secondary N) is 1. The molecule has 2 rings (SSSR count). The normalized spacial score (nSPS) is 14.7. The van der Waals surface area contributed by atoms with Crippen LogP contribution in [0.3, 0.4) is 0 Å². The molecule has 0 unspecified atom stereocenters. The standard InChI is InChI=1S/C12H15ClN2O/c1-3-6-15-10-5-4-9(13)8(2)12(10)14-7-11(15)16/h4-5,14H,3,6-7H2,1-2H3. The summed E-state index contributed by atoms with van der Waals surface area (Å²) in [5, 5.41) is 3.87. The number of carbonyl (C=O) groups is 1. The third-order valence-electron chi connectivity index (χ3n) is 2.83. The predicted octanol–water partition coefficient (Wildman–Crippen LogP) is 2.82. The van der Waals surface area contributed by atoms with Crippen molar-refractivity contribution in [3.63, 3.8) is 0 Å². The molecule has 1 N–H and O–H groups in total. The fourth-order valence-electron chi connectivity index (χ4n) is 1.98. The molecule has 0 radical (unpaired) electrons. The maximum absolute atomic E-state index is 11.8.